The van der Waals surface area contributed by atoms with Crippen LogP contribution < -0.4 is 4.90 Å². The topological polar surface area (TPSA) is 59.7 Å². The van der Waals surface area contributed by atoms with Gasteiger partial charge in [-0.25, -0.2) is 9.97 Å². The zero-order valence-electron chi connectivity index (χ0n) is 9.97. The Morgan fingerprint density at radius 2 is 1.85 bits per heavy atom. The molecule has 0 aromatic carbocycles. The maximum absolute atomic E-state index is 12.7. The van der Waals surface area contributed by atoms with E-state index < -0.39 is 12.0 Å². The van der Waals surface area contributed by atoms with Crippen molar-refractivity contribution in [2.24, 2.45) is 0 Å². The van der Waals surface area contributed by atoms with Gasteiger partial charge in [-0.3, -0.25) is 0 Å². The van der Waals surface area contributed by atoms with Gasteiger partial charge in [0.2, 0.25) is 5.82 Å². The first-order chi connectivity index (χ1) is 9.47. The van der Waals surface area contributed by atoms with Gasteiger partial charge in [0.1, 0.15) is 0 Å². The molecule has 0 bridgehead atoms. The highest BCUT2D eigenvalue weighted by atomic mass is 35.5. The van der Waals surface area contributed by atoms with E-state index in [9.17, 15) is 13.2 Å². The fourth-order valence-corrected chi connectivity index (χ4v) is 2.30. The van der Waals surface area contributed by atoms with Gasteiger partial charge in [0.05, 0.1) is 6.54 Å². The van der Waals surface area contributed by atoms with E-state index in [0.717, 1.165) is 4.57 Å². The van der Waals surface area contributed by atoms with E-state index in [1.165, 1.54) is 12.4 Å². The lowest BCUT2D eigenvalue weighted by atomic mass is 10.3. The van der Waals surface area contributed by atoms with Crippen molar-refractivity contribution in [1.82, 2.24) is 24.7 Å². The molecule has 1 aliphatic rings. The Kier molecular flexibility index (Phi) is 3.00. The van der Waals surface area contributed by atoms with Crippen molar-refractivity contribution in [1.29, 1.82) is 0 Å². The van der Waals surface area contributed by atoms with Crippen molar-refractivity contribution < 1.29 is 13.2 Å². The van der Waals surface area contributed by atoms with Crippen molar-refractivity contribution >= 4 is 17.4 Å². The molecule has 3 heterocycles. The van der Waals surface area contributed by atoms with E-state index in [4.69, 9.17) is 11.6 Å². The third-order valence-electron chi connectivity index (χ3n) is 2.94. The second-order valence-electron chi connectivity index (χ2n) is 4.18. The van der Waals surface area contributed by atoms with Crippen LogP contribution in [0.25, 0.3) is 0 Å². The second kappa shape index (κ2) is 4.58. The van der Waals surface area contributed by atoms with Gasteiger partial charge in [-0.05, 0) is 0 Å². The second-order valence-corrected chi connectivity index (χ2v) is 4.54. The number of anilines is 1. The van der Waals surface area contributed by atoms with Gasteiger partial charge in [-0.2, -0.15) is 13.2 Å². The maximum atomic E-state index is 12.7. The Morgan fingerprint density at radius 3 is 2.55 bits per heavy atom. The minimum atomic E-state index is -4.50. The van der Waals surface area contributed by atoms with Gasteiger partial charge in [0.15, 0.2) is 16.8 Å². The highest BCUT2D eigenvalue weighted by Gasteiger charge is 2.39. The molecule has 2 aromatic heterocycles. The molecule has 0 saturated heterocycles. The smallest absolute Gasteiger partial charge is 0.345 e. The highest BCUT2D eigenvalue weighted by Crippen LogP contribution is 2.30. The summed E-state index contributed by atoms with van der Waals surface area (Å²) in [6.07, 6.45) is -1.58. The maximum Gasteiger partial charge on any atom is 0.451 e. The minimum Gasteiger partial charge on any atom is -0.345 e. The number of hydrogen-bond acceptors (Lipinski definition) is 5. The van der Waals surface area contributed by atoms with Crippen molar-refractivity contribution in [2.45, 2.75) is 19.3 Å². The summed E-state index contributed by atoms with van der Waals surface area (Å²) in [5.74, 6) is -0.320. The van der Waals surface area contributed by atoms with E-state index >= 15 is 0 Å². The lowest BCUT2D eigenvalue weighted by Gasteiger charge is -2.28. The molecule has 0 radical (unpaired) electrons. The van der Waals surface area contributed by atoms with Crippen LogP contribution in [0, 0.1) is 0 Å². The molecule has 3 rings (SSSR count). The number of nitrogens with zero attached hydrogens (tertiary/aromatic N) is 6. The van der Waals surface area contributed by atoms with Crippen LogP contribution in [0.5, 0.6) is 0 Å². The van der Waals surface area contributed by atoms with Crippen molar-refractivity contribution in [3.63, 3.8) is 0 Å². The number of fused-ring (bicyclic) bond motifs is 1. The quantitative estimate of drug-likeness (QED) is 0.803. The fraction of sp³-hybridized carbons (Fsp3) is 0.400. The monoisotopic (exact) mass is 304 g/mol. The number of alkyl halides is 3. The molecule has 1 aliphatic heterocycles. The average Bonchev–Trinajstić information content (AvgIpc) is 2.82. The standard InChI is InChI=1S/C10H8ClF3N6/c11-7-8(16-2-1-15-7)19-3-4-20-6(5-19)17-18-9(20)10(12,13)14/h1-2H,3-5H2. The summed E-state index contributed by atoms with van der Waals surface area (Å²) < 4.78 is 39.2. The first-order valence-electron chi connectivity index (χ1n) is 5.67. The Labute approximate surface area is 116 Å². The SMILES string of the molecule is FC(F)(F)c1nnc2n1CCN(c1nccnc1Cl)C2. The summed E-state index contributed by atoms with van der Waals surface area (Å²) >= 11 is 5.92. The van der Waals surface area contributed by atoms with Crippen molar-refractivity contribution in [3.8, 4) is 0 Å². The predicted octanol–water partition coefficient (Wildman–Crippen LogP) is 1.76. The van der Waals surface area contributed by atoms with Gasteiger partial charge >= 0.3 is 6.18 Å². The molecule has 2 aromatic rings. The van der Waals surface area contributed by atoms with Gasteiger partial charge in [0, 0.05) is 25.5 Å². The third kappa shape index (κ3) is 2.17. The molecule has 0 atom stereocenters. The molecule has 20 heavy (non-hydrogen) atoms. The molecule has 0 unspecified atom stereocenters. The molecule has 0 N–H and O–H groups in total. The molecule has 106 valence electrons. The Bertz CT molecular complexity index is 640. The summed E-state index contributed by atoms with van der Waals surface area (Å²) in [4.78, 5) is 9.70. The normalized spacial score (nSPS) is 15.3. The Balaban J connectivity index is 1.91. The van der Waals surface area contributed by atoms with Crippen LogP contribution in [0.15, 0.2) is 12.4 Å². The van der Waals surface area contributed by atoms with Crippen LogP contribution in [-0.4, -0.2) is 31.3 Å². The van der Waals surface area contributed by atoms with Gasteiger partial charge in [-0.15, -0.1) is 10.2 Å². The summed E-state index contributed by atoms with van der Waals surface area (Å²) in [7, 11) is 0. The molecular formula is C10H8ClF3N6. The van der Waals surface area contributed by atoms with Crippen molar-refractivity contribution in [2.75, 3.05) is 11.4 Å². The number of rotatable bonds is 1. The van der Waals surface area contributed by atoms with Crippen LogP contribution in [-0.2, 0) is 19.3 Å². The molecule has 6 nitrogen and oxygen atoms in total. The zero-order valence-corrected chi connectivity index (χ0v) is 10.7. The van der Waals surface area contributed by atoms with E-state index in [0.29, 0.717) is 12.4 Å². The van der Waals surface area contributed by atoms with Crippen LogP contribution in [0.2, 0.25) is 5.15 Å². The molecule has 0 saturated carbocycles. The Morgan fingerprint density at radius 1 is 1.10 bits per heavy atom. The van der Waals surface area contributed by atoms with E-state index in [-0.39, 0.29) is 24.1 Å². The highest BCUT2D eigenvalue weighted by molar-refractivity contribution is 6.31. The third-order valence-corrected chi connectivity index (χ3v) is 3.21. The first kappa shape index (κ1) is 13.1. The molecule has 0 spiro atoms. The predicted molar refractivity (Wildman–Crippen MR) is 63.1 cm³/mol. The fourth-order valence-electron chi connectivity index (χ4n) is 2.07. The van der Waals surface area contributed by atoms with Crippen LogP contribution in [0.3, 0.4) is 0 Å². The van der Waals surface area contributed by atoms with E-state index in [2.05, 4.69) is 20.2 Å². The largest absolute Gasteiger partial charge is 0.451 e. The molecule has 0 aliphatic carbocycles. The Hall–Kier alpha value is -1.90. The number of halogens is 4. The van der Waals surface area contributed by atoms with E-state index in [1.807, 2.05) is 0 Å². The number of hydrogen-bond donors (Lipinski definition) is 0. The number of aromatic nitrogens is 5. The van der Waals surface area contributed by atoms with Gasteiger partial charge in [-0.1, -0.05) is 11.6 Å². The first-order valence-corrected chi connectivity index (χ1v) is 6.05. The molecule has 0 fully saturated rings. The minimum absolute atomic E-state index is 0.115. The van der Waals surface area contributed by atoms with Gasteiger partial charge < -0.3 is 9.47 Å². The van der Waals surface area contributed by atoms with Crippen LogP contribution >= 0.6 is 11.6 Å². The lowest BCUT2D eigenvalue weighted by molar-refractivity contribution is -0.147. The van der Waals surface area contributed by atoms with Crippen molar-refractivity contribution in [3.05, 3.63) is 29.2 Å². The summed E-state index contributed by atoms with van der Waals surface area (Å²) in [5, 5.41) is 7.01. The molecular weight excluding hydrogens is 297 g/mol. The van der Waals surface area contributed by atoms with Gasteiger partial charge in [0.25, 0.3) is 0 Å². The van der Waals surface area contributed by atoms with E-state index in [1.54, 1.807) is 4.90 Å². The van der Waals surface area contributed by atoms with Crippen LogP contribution in [0.4, 0.5) is 19.0 Å². The average molecular weight is 305 g/mol. The molecule has 10 heteroatoms. The molecule has 0 amide bonds. The zero-order chi connectivity index (χ0) is 14.3. The summed E-state index contributed by atoms with van der Waals surface area (Å²) in [6.45, 7) is 0.595. The van der Waals surface area contributed by atoms with Crippen LogP contribution in [0.1, 0.15) is 11.6 Å². The lowest BCUT2D eigenvalue weighted by Crippen LogP contribution is -2.36. The summed E-state index contributed by atoms with van der Waals surface area (Å²) in [6, 6.07) is 0. The summed E-state index contributed by atoms with van der Waals surface area (Å²) in [5.41, 5.74) is 0.